The molecule has 1 fully saturated rings. The standard InChI is InChI=1S/C9H14N2S/c1-5(2)7-8(10)11-9(12-7)6-3-4-6/h5-6H,3-4,10H2,1-2H3. The third-order valence-corrected chi connectivity index (χ3v) is 3.68. The molecule has 0 atom stereocenters. The molecule has 0 bridgehead atoms. The summed E-state index contributed by atoms with van der Waals surface area (Å²) in [7, 11) is 0. The zero-order valence-corrected chi connectivity index (χ0v) is 8.32. The summed E-state index contributed by atoms with van der Waals surface area (Å²) >= 11 is 1.80. The number of nitrogens with zero attached hydrogens (tertiary/aromatic N) is 1. The highest BCUT2D eigenvalue weighted by atomic mass is 32.1. The van der Waals surface area contributed by atoms with Gasteiger partial charge in [0.2, 0.25) is 0 Å². The predicted octanol–water partition coefficient (Wildman–Crippen LogP) is 2.73. The van der Waals surface area contributed by atoms with E-state index in [9.17, 15) is 0 Å². The van der Waals surface area contributed by atoms with Crippen molar-refractivity contribution >= 4 is 17.2 Å². The zero-order valence-electron chi connectivity index (χ0n) is 7.50. The van der Waals surface area contributed by atoms with Crippen LogP contribution in [-0.2, 0) is 0 Å². The predicted molar refractivity (Wildman–Crippen MR) is 52.6 cm³/mol. The molecular formula is C9H14N2S. The Kier molecular flexibility index (Phi) is 1.83. The lowest BCUT2D eigenvalue weighted by Crippen LogP contribution is -1.91. The number of thiazole rings is 1. The normalized spacial score (nSPS) is 17.2. The highest BCUT2D eigenvalue weighted by Crippen LogP contribution is 2.44. The van der Waals surface area contributed by atoms with Gasteiger partial charge in [0.25, 0.3) is 0 Å². The Bertz CT molecular complexity index is 287. The third kappa shape index (κ3) is 1.33. The highest BCUT2D eigenvalue weighted by Gasteiger charge is 2.28. The summed E-state index contributed by atoms with van der Waals surface area (Å²) in [4.78, 5) is 5.65. The Morgan fingerprint density at radius 1 is 1.50 bits per heavy atom. The number of nitrogen functional groups attached to an aromatic ring is 1. The maximum absolute atomic E-state index is 5.81. The lowest BCUT2D eigenvalue weighted by Gasteiger charge is -1.98. The number of nitrogens with two attached hydrogens (primary N) is 1. The van der Waals surface area contributed by atoms with Crippen LogP contribution in [0, 0.1) is 0 Å². The average molecular weight is 182 g/mol. The Morgan fingerprint density at radius 2 is 2.17 bits per heavy atom. The van der Waals surface area contributed by atoms with Crippen LogP contribution in [0.3, 0.4) is 0 Å². The number of aromatic nitrogens is 1. The minimum absolute atomic E-state index is 0.523. The summed E-state index contributed by atoms with van der Waals surface area (Å²) < 4.78 is 0. The molecule has 3 heteroatoms. The molecule has 0 amide bonds. The molecule has 1 aromatic rings. The van der Waals surface area contributed by atoms with Gasteiger partial charge in [-0.1, -0.05) is 13.8 Å². The first-order chi connectivity index (χ1) is 5.68. The molecule has 66 valence electrons. The first-order valence-corrected chi connectivity index (χ1v) is 5.26. The van der Waals surface area contributed by atoms with E-state index in [-0.39, 0.29) is 0 Å². The zero-order chi connectivity index (χ0) is 8.72. The summed E-state index contributed by atoms with van der Waals surface area (Å²) in [6.45, 7) is 4.33. The fourth-order valence-corrected chi connectivity index (χ4v) is 2.44. The van der Waals surface area contributed by atoms with Gasteiger partial charge in [-0.15, -0.1) is 11.3 Å². The number of anilines is 1. The summed E-state index contributed by atoms with van der Waals surface area (Å²) in [5.41, 5.74) is 5.81. The second-order valence-corrected chi connectivity index (χ2v) is 4.79. The summed E-state index contributed by atoms with van der Waals surface area (Å²) in [6, 6.07) is 0. The molecule has 0 aliphatic heterocycles. The second-order valence-electron chi connectivity index (χ2n) is 3.73. The SMILES string of the molecule is CC(C)c1sc(C2CC2)nc1N. The fourth-order valence-electron chi connectivity index (χ4n) is 1.28. The third-order valence-electron chi connectivity index (χ3n) is 2.15. The van der Waals surface area contributed by atoms with E-state index in [1.807, 2.05) is 0 Å². The van der Waals surface area contributed by atoms with Gasteiger partial charge in [0.15, 0.2) is 0 Å². The highest BCUT2D eigenvalue weighted by molar-refractivity contribution is 7.12. The first kappa shape index (κ1) is 8.05. The summed E-state index contributed by atoms with van der Waals surface area (Å²) in [5, 5.41) is 1.26. The van der Waals surface area contributed by atoms with Crippen molar-refractivity contribution < 1.29 is 0 Å². The van der Waals surface area contributed by atoms with E-state index >= 15 is 0 Å². The molecular weight excluding hydrogens is 168 g/mol. The molecule has 0 spiro atoms. The van der Waals surface area contributed by atoms with Crippen molar-refractivity contribution in [1.82, 2.24) is 4.98 Å². The van der Waals surface area contributed by atoms with Crippen LogP contribution in [0.1, 0.15) is 48.4 Å². The number of rotatable bonds is 2. The van der Waals surface area contributed by atoms with E-state index in [1.165, 1.54) is 22.7 Å². The van der Waals surface area contributed by atoms with Crippen molar-refractivity contribution in [3.63, 3.8) is 0 Å². The van der Waals surface area contributed by atoms with Crippen molar-refractivity contribution in [2.75, 3.05) is 5.73 Å². The van der Waals surface area contributed by atoms with E-state index in [0.717, 1.165) is 11.7 Å². The van der Waals surface area contributed by atoms with E-state index in [1.54, 1.807) is 11.3 Å². The van der Waals surface area contributed by atoms with E-state index < -0.39 is 0 Å². The fraction of sp³-hybridized carbons (Fsp3) is 0.667. The van der Waals surface area contributed by atoms with Gasteiger partial charge in [0, 0.05) is 5.92 Å². The minimum Gasteiger partial charge on any atom is -0.383 e. The average Bonchev–Trinajstić information content (AvgIpc) is 2.75. The number of hydrogen-bond donors (Lipinski definition) is 1. The second kappa shape index (κ2) is 2.73. The molecule has 0 saturated heterocycles. The van der Waals surface area contributed by atoms with E-state index in [2.05, 4.69) is 18.8 Å². The van der Waals surface area contributed by atoms with Crippen molar-refractivity contribution in [1.29, 1.82) is 0 Å². The van der Waals surface area contributed by atoms with E-state index in [0.29, 0.717) is 5.92 Å². The van der Waals surface area contributed by atoms with Crippen LogP contribution < -0.4 is 5.73 Å². The maximum Gasteiger partial charge on any atom is 0.138 e. The number of hydrogen-bond acceptors (Lipinski definition) is 3. The quantitative estimate of drug-likeness (QED) is 0.763. The molecule has 1 saturated carbocycles. The molecule has 1 heterocycles. The van der Waals surface area contributed by atoms with Gasteiger partial charge in [0.1, 0.15) is 5.82 Å². The first-order valence-electron chi connectivity index (χ1n) is 4.44. The lowest BCUT2D eigenvalue weighted by atomic mass is 10.2. The Balaban J connectivity index is 2.30. The van der Waals surface area contributed by atoms with Gasteiger partial charge in [-0.25, -0.2) is 4.98 Å². The van der Waals surface area contributed by atoms with Crippen LogP contribution in [0.15, 0.2) is 0 Å². The Morgan fingerprint density at radius 3 is 2.58 bits per heavy atom. The van der Waals surface area contributed by atoms with Crippen LogP contribution in [0.2, 0.25) is 0 Å². The molecule has 0 aromatic carbocycles. The van der Waals surface area contributed by atoms with Crippen molar-refractivity contribution in [3.05, 3.63) is 9.88 Å². The molecule has 1 aliphatic carbocycles. The van der Waals surface area contributed by atoms with Gasteiger partial charge in [-0.05, 0) is 18.8 Å². The molecule has 0 unspecified atom stereocenters. The van der Waals surface area contributed by atoms with Gasteiger partial charge in [0.05, 0.1) is 9.88 Å². The van der Waals surface area contributed by atoms with Crippen LogP contribution in [0.5, 0.6) is 0 Å². The topological polar surface area (TPSA) is 38.9 Å². The van der Waals surface area contributed by atoms with Crippen LogP contribution in [0.4, 0.5) is 5.82 Å². The smallest absolute Gasteiger partial charge is 0.138 e. The summed E-state index contributed by atoms with van der Waals surface area (Å²) in [5.74, 6) is 2.02. The van der Waals surface area contributed by atoms with Crippen LogP contribution in [0.25, 0.3) is 0 Å². The van der Waals surface area contributed by atoms with Gasteiger partial charge < -0.3 is 5.73 Å². The minimum atomic E-state index is 0.523. The molecule has 2 N–H and O–H groups in total. The Labute approximate surface area is 76.8 Å². The summed E-state index contributed by atoms with van der Waals surface area (Å²) in [6.07, 6.45) is 2.62. The lowest BCUT2D eigenvalue weighted by molar-refractivity contribution is 0.888. The Hall–Kier alpha value is -0.570. The van der Waals surface area contributed by atoms with Gasteiger partial charge >= 0.3 is 0 Å². The van der Waals surface area contributed by atoms with Gasteiger partial charge in [-0.2, -0.15) is 0 Å². The maximum atomic E-state index is 5.81. The van der Waals surface area contributed by atoms with Gasteiger partial charge in [-0.3, -0.25) is 0 Å². The van der Waals surface area contributed by atoms with Crippen LogP contribution in [-0.4, -0.2) is 4.98 Å². The molecule has 12 heavy (non-hydrogen) atoms. The van der Waals surface area contributed by atoms with Crippen LogP contribution >= 0.6 is 11.3 Å². The largest absolute Gasteiger partial charge is 0.383 e. The molecule has 1 aromatic heterocycles. The molecule has 2 nitrogen and oxygen atoms in total. The molecule has 0 radical (unpaired) electrons. The van der Waals surface area contributed by atoms with E-state index in [4.69, 9.17) is 5.73 Å². The van der Waals surface area contributed by atoms with Crippen molar-refractivity contribution in [3.8, 4) is 0 Å². The van der Waals surface area contributed by atoms with Crippen molar-refractivity contribution in [2.24, 2.45) is 0 Å². The van der Waals surface area contributed by atoms with Crippen molar-refractivity contribution in [2.45, 2.75) is 38.5 Å². The molecule has 2 rings (SSSR count). The molecule has 1 aliphatic rings. The monoisotopic (exact) mass is 182 g/mol.